The maximum absolute atomic E-state index is 10.7. The number of fused-ring (bicyclic) bond motifs is 1. The van der Waals surface area contributed by atoms with E-state index in [1.165, 1.54) is 4.70 Å². The molecule has 0 radical (unpaired) electrons. The van der Waals surface area contributed by atoms with Crippen molar-refractivity contribution in [2.24, 2.45) is 0 Å². The third-order valence-electron chi connectivity index (χ3n) is 3.06. The Kier molecular flexibility index (Phi) is 3.93. The number of hydrogen-bond acceptors (Lipinski definition) is 2. The van der Waals surface area contributed by atoms with Gasteiger partial charge in [-0.15, -0.1) is 11.3 Å². The Hall–Kier alpha value is -0.430. The maximum atomic E-state index is 10.7. The predicted molar refractivity (Wildman–Crippen MR) is 92.7 cm³/mol. The molecule has 1 unspecified atom stereocenters. The lowest BCUT2D eigenvalue weighted by molar-refractivity contribution is 0.221. The lowest BCUT2D eigenvalue weighted by atomic mass is 10.0. The van der Waals surface area contributed by atoms with Crippen LogP contribution in [0.3, 0.4) is 0 Å². The summed E-state index contributed by atoms with van der Waals surface area (Å²) in [6.45, 7) is 0. The Morgan fingerprint density at radius 2 is 1.89 bits per heavy atom. The van der Waals surface area contributed by atoms with Crippen LogP contribution in [-0.2, 0) is 0 Å². The maximum Gasteiger partial charge on any atom is 0.107 e. The lowest BCUT2D eigenvalue weighted by Crippen LogP contribution is -2.01. The number of thiophene rings is 1. The van der Waals surface area contributed by atoms with Crippen LogP contribution in [0.4, 0.5) is 0 Å². The Balaban J connectivity index is 2.13. The Morgan fingerprint density at radius 3 is 2.74 bits per heavy atom. The molecule has 1 nitrogen and oxygen atoms in total. The van der Waals surface area contributed by atoms with Gasteiger partial charge < -0.3 is 5.11 Å². The summed E-state index contributed by atoms with van der Waals surface area (Å²) in [5, 5.41) is 13.8. The van der Waals surface area contributed by atoms with Gasteiger partial charge in [-0.2, -0.15) is 0 Å². The predicted octanol–water partition coefficient (Wildman–Crippen LogP) is 5.35. The second kappa shape index (κ2) is 5.52. The Morgan fingerprint density at radius 1 is 1.11 bits per heavy atom. The van der Waals surface area contributed by atoms with Gasteiger partial charge in [0.2, 0.25) is 0 Å². The zero-order valence-electron chi connectivity index (χ0n) is 9.81. The molecule has 1 heterocycles. The van der Waals surface area contributed by atoms with Gasteiger partial charge in [-0.25, -0.2) is 0 Å². The molecule has 3 aromatic rings. The van der Waals surface area contributed by atoms with E-state index in [9.17, 15) is 5.11 Å². The third-order valence-corrected chi connectivity index (χ3v) is 5.52. The second-order valence-electron chi connectivity index (χ2n) is 4.26. The first-order chi connectivity index (χ1) is 9.16. The molecule has 0 spiro atoms. The van der Waals surface area contributed by atoms with E-state index in [4.69, 9.17) is 0 Å². The topological polar surface area (TPSA) is 20.2 Å². The van der Waals surface area contributed by atoms with E-state index >= 15 is 0 Å². The summed E-state index contributed by atoms with van der Waals surface area (Å²) in [6, 6.07) is 14.2. The highest BCUT2D eigenvalue weighted by Crippen LogP contribution is 2.35. The monoisotopic (exact) mass is 444 g/mol. The summed E-state index contributed by atoms with van der Waals surface area (Å²) in [5.74, 6) is 0. The largest absolute Gasteiger partial charge is 0.384 e. The number of hydrogen-bond donors (Lipinski definition) is 1. The molecule has 0 aliphatic carbocycles. The minimum Gasteiger partial charge on any atom is -0.384 e. The molecule has 3 rings (SSSR count). The van der Waals surface area contributed by atoms with Crippen molar-refractivity contribution in [3.8, 4) is 0 Å². The smallest absolute Gasteiger partial charge is 0.107 e. The van der Waals surface area contributed by atoms with E-state index in [2.05, 4.69) is 50.7 Å². The van der Waals surface area contributed by atoms with Crippen LogP contribution in [0.25, 0.3) is 10.1 Å². The van der Waals surface area contributed by atoms with Crippen molar-refractivity contribution in [2.45, 2.75) is 6.10 Å². The van der Waals surface area contributed by atoms with Crippen molar-refractivity contribution >= 4 is 59.9 Å². The molecule has 1 aromatic heterocycles. The number of rotatable bonds is 2. The Labute approximate surface area is 137 Å². The molecule has 2 aromatic carbocycles. The van der Waals surface area contributed by atoms with Gasteiger partial charge in [0.05, 0.1) is 0 Å². The standard InChI is InChI=1S/C15H10BrIOS/c16-9-5-6-13(17)11(7-9)15(18)12-8-19-14-4-2-1-3-10(12)14/h1-8,15,18H. The summed E-state index contributed by atoms with van der Waals surface area (Å²) in [4.78, 5) is 0. The van der Waals surface area contributed by atoms with Crippen molar-refractivity contribution in [2.75, 3.05) is 0 Å². The fraction of sp³-hybridized carbons (Fsp3) is 0.0667. The van der Waals surface area contributed by atoms with Gasteiger partial charge in [-0.1, -0.05) is 34.1 Å². The summed E-state index contributed by atoms with van der Waals surface area (Å²) in [6.07, 6.45) is -0.583. The molecule has 0 aliphatic heterocycles. The number of aliphatic hydroxyl groups is 1. The SMILES string of the molecule is OC(c1cc(Br)ccc1I)c1csc2ccccc12. The van der Waals surface area contributed by atoms with Crippen LogP contribution in [0.5, 0.6) is 0 Å². The van der Waals surface area contributed by atoms with E-state index in [1.807, 2.05) is 35.7 Å². The molecule has 19 heavy (non-hydrogen) atoms. The molecule has 1 N–H and O–H groups in total. The minimum absolute atomic E-state index is 0.583. The van der Waals surface area contributed by atoms with Gasteiger partial charge in [-0.3, -0.25) is 0 Å². The molecule has 0 bridgehead atoms. The average Bonchev–Trinajstić information content (AvgIpc) is 2.84. The zero-order chi connectivity index (χ0) is 13.4. The average molecular weight is 445 g/mol. The fourth-order valence-corrected chi connectivity index (χ4v) is 4.09. The summed E-state index contributed by atoms with van der Waals surface area (Å²) in [5.41, 5.74) is 1.93. The van der Waals surface area contributed by atoms with Gasteiger partial charge in [0, 0.05) is 18.3 Å². The number of aliphatic hydroxyl groups excluding tert-OH is 1. The van der Waals surface area contributed by atoms with Gasteiger partial charge in [0.25, 0.3) is 0 Å². The Bertz CT molecular complexity index is 738. The van der Waals surface area contributed by atoms with E-state index in [-0.39, 0.29) is 0 Å². The normalized spacial score (nSPS) is 12.8. The highest BCUT2D eigenvalue weighted by Gasteiger charge is 2.17. The van der Waals surface area contributed by atoms with E-state index in [1.54, 1.807) is 11.3 Å². The van der Waals surface area contributed by atoms with Gasteiger partial charge in [-0.05, 0) is 63.2 Å². The van der Waals surface area contributed by atoms with Crippen molar-refractivity contribution in [1.82, 2.24) is 0 Å². The van der Waals surface area contributed by atoms with Crippen molar-refractivity contribution in [1.29, 1.82) is 0 Å². The molecule has 1 atom stereocenters. The van der Waals surface area contributed by atoms with Crippen LogP contribution in [-0.4, -0.2) is 5.11 Å². The molecule has 0 fully saturated rings. The second-order valence-corrected chi connectivity index (χ2v) is 7.24. The van der Waals surface area contributed by atoms with E-state index in [0.29, 0.717) is 0 Å². The van der Waals surface area contributed by atoms with E-state index < -0.39 is 6.10 Å². The molecule has 4 heteroatoms. The molecule has 96 valence electrons. The fourth-order valence-electron chi connectivity index (χ4n) is 2.10. The first kappa shape index (κ1) is 13.5. The van der Waals surface area contributed by atoms with Crippen LogP contribution >= 0.6 is 49.9 Å². The minimum atomic E-state index is -0.583. The van der Waals surface area contributed by atoms with Crippen LogP contribution in [0, 0.1) is 3.57 Å². The molecule has 0 amide bonds. The summed E-state index contributed by atoms with van der Waals surface area (Å²) >= 11 is 7.40. The molecule has 0 saturated heterocycles. The van der Waals surface area contributed by atoms with Crippen molar-refractivity contribution in [3.63, 3.8) is 0 Å². The van der Waals surface area contributed by atoms with Crippen molar-refractivity contribution in [3.05, 3.63) is 67.0 Å². The van der Waals surface area contributed by atoms with Gasteiger partial charge >= 0.3 is 0 Å². The summed E-state index contributed by atoms with van der Waals surface area (Å²) < 4.78 is 3.27. The molecule has 0 saturated carbocycles. The highest BCUT2D eigenvalue weighted by atomic mass is 127. The van der Waals surface area contributed by atoms with Gasteiger partial charge in [0.1, 0.15) is 6.10 Å². The first-order valence-electron chi connectivity index (χ1n) is 5.76. The van der Waals surface area contributed by atoms with Crippen LogP contribution < -0.4 is 0 Å². The third kappa shape index (κ3) is 2.59. The number of benzene rings is 2. The zero-order valence-corrected chi connectivity index (χ0v) is 14.4. The van der Waals surface area contributed by atoms with Gasteiger partial charge in [0.15, 0.2) is 0 Å². The quantitative estimate of drug-likeness (QED) is 0.528. The lowest BCUT2D eigenvalue weighted by Gasteiger charge is -2.13. The van der Waals surface area contributed by atoms with Crippen LogP contribution in [0.2, 0.25) is 0 Å². The van der Waals surface area contributed by atoms with E-state index in [0.717, 1.165) is 24.6 Å². The van der Waals surface area contributed by atoms with Crippen LogP contribution in [0.1, 0.15) is 17.2 Å². The highest BCUT2D eigenvalue weighted by molar-refractivity contribution is 14.1. The molecule has 0 aliphatic rings. The first-order valence-corrected chi connectivity index (χ1v) is 8.51. The van der Waals surface area contributed by atoms with Crippen molar-refractivity contribution < 1.29 is 5.11 Å². The molecular formula is C15H10BrIOS. The molecular weight excluding hydrogens is 435 g/mol. The summed E-state index contributed by atoms with van der Waals surface area (Å²) in [7, 11) is 0. The number of halogens is 2. The van der Waals surface area contributed by atoms with Crippen LogP contribution in [0.15, 0.2) is 52.3 Å².